The number of carbonyl (C=O) groups excluding carboxylic acids is 1. The monoisotopic (exact) mass is 368 g/mol. The van der Waals surface area contributed by atoms with Crippen LogP contribution in [0.15, 0.2) is 30.6 Å². The molecule has 0 saturated carbocycles. The molecule has 2 N–H and O–H groups in total. The number of hydrogen-bond acceptors (Lipinski definition) is 4. The lowest BCUT2D eigenvalue weighted by Crippen LogP contribution is -2.56. The lowest BCUT2D eigenvalue weighted by Gasteiger charge is -2.37. The van der Waals surface area contributed by atoms with Crippen LogP contribution in [0.3, 0.4) is 0 Å². The fourth-order valence-electron chi connectivity index (χ4n) is 3.23. The van der Waals surface area contributed by atoms with Crippen LogP contribution in [0, 0.1) is 6.92 Å². The van der Waals surface area contributed by atoms with Gasteiger partial charge in [0.15, 0.2) is 0 Å². The molecule has 1 aliphatic rings. The number of carbonyl (C=O) groups is 1. The highest BCUT2D eigenvalue weighted by molar-refractivity contribution is 7.11. The molecule has 1 unspecified atom stereocenters. The average molecular weight is 369 g/mol. The molecule has 1 fully saturated rings. The molecule has 0 radical (unpaired) electrons. The molecule has 0 aliphatic carbocycles. The van der Waals surface area contributed by atoms with Crippen molar-refractivity contribution in [1.82, 2.24) is 20.4 Å². The molecule has 0 spiro atoms. The summed E-state index contributed by atoms with van der Waals surface area (Å²) >= 11 is 1.80. The first-order chi connectivity index (χ1) is 11.1. The molecule has 1 amide bonds. The van der Waals surface area contributed by atoms with E-state index in [0.717, 1.165) is 32.4 Å². The zero-order chi connectivity index (χ0) is 16.3. The second-order valence-corrected chi connectivity index (χ2v) is 7.70. The Morgan fingerprint density at radius 1 is 1.46 bits per heavy atom. The van der Waals surface area contributed by atoms with Gasteiger partial charge in [0.2, 0.25) is 5.91 Å². The van der Waals surface area contributed by atoms with Crippen LogP contribution in [-0.4, -0.2) is 34.8 Å². The smallest absolute Gasteiger partial charge is 0.248 e. The van der Waals surface area contributed by atoms with Crippen molar-refractivity contribution < 1.29 is 4.79 Å². The third-order valence-corrected chi connectivity index (χ3v) is 5.50. The van der Waals surface area contributed by atoms with E-state index in [0.29, 0.717) is 0 Å². The van der Waals surface area contributed by atoms with Gasteiger partial charge in [0.05, 0.1) is 0 Å². The molecule has 3 rings (SSSR count). The summed E-state index contributed by atoms with van der Waals surface area (Å²) in [6.07, 6.45) is 6.06. The van der Waals surface area contributed by atoms with Gasteiger partial charge in [-0.3, -0.25) is 9.48 Å². The van der Waals surface area contributed by atoms with Gasteiger partial charge in [-0.05, 0) is 58.0 Å². The number of nitrogens with zero attached hydrogens (tertiary/aromatic N) is 2. The Morgan fingerprint density at radius 2 is 2.21 bits per heavy atom. The summed E-state index contributed by atoms with van der Waals surface area (Å²) in [4.78, 5) is 15.7. The average Bonchev–Trinajstić information content (AvgIpc) is 3.20. The van der Waals surface area contributed by atoms with Crippen LogP contribution < -0.4 is 10.6 Å². The van der Waals surface area contributed by atoms with E-state index in [2.05, 4.69) is 41.7 Å². The van der Waals surface area contributed by atoms with E-state index in [9.17, 15) is 4.79 Å². The zero-order valence-corrected chi connectivity index (χ0v) is 15.8. The topological polar surface area (TPSA) is 59.0 Å². The van der Waals surface area contributed by atoms with Crippen molar-refractivity contribution in [2.45, 2.75) is 44.7 Å². The van der Waals surface area contributed by atoms with Gasteiger partial charge < -0.3 is 10.6 Å². The molecule has 24 heavy (non-hydrogen) atoms. The predicted molar refractivity (Wildman–Crippen MR) is 99.9 cm³/mol. The molecule has 2 aromatic heterocycles. The van der Waals surface area contributed by atoms with Gasteiger partial charge in [0, 0.05) is 34.6 Å². The van der Waals surface area contributed by atoms with Crippen molar-refractivity contribution in [2.24, 2.45) is 0 Å². The Kier molecular flexibility index (Phi) is 6.43. The Bertz CT molecular complexity index is 649. The SMILES string of the molecule is Cc1ccc(CC(C)NC(=O)C2(n3cccn3)CCNCC2)s1.Cl. The molecule has 1 atom stereocenters. The highest BCUT2D eigenvalue weighted by atomic mass is 35.5. The molecule has 5 nitrogen and oxygen atoms in total. The van der Waals surface area contributed by atoms with Crippen LogP contribution in [0.25, 0.3) is 0 Å². The van der Waals surface area contributed by atoms with Gasteiger partial charge in [-0.1, -0.05) is 0 Å². The first-order valence-corrected chi connectivity index (χ1v) is 8.99. The lowest BCUT2D eigenvalue weighted by atomic mass is 9.87. The number of rotatable bonds is 5. The third kappa shape index (κ3) is 3.99. The molecule has 1 saturated heterocycles. The number of aromatic nitrogens is 2. The van der Waals surface area contributed by atoms with Crippen LogP contribution in [0.4, 0.5) is 0 Å². The summed E-state index contributed by atoms with van der Waals surface area (Å²) in [5, 5.41) is 10.9. The summed E-state index contributed by atoms with van der Waals surface area (Å²) < 4.78 is 1.84. The maximum atomic E-state index is 13.0. The largest absolute Gasteiger partial charge is 0.351 e. The van der Waals surface area contributed by atoms with Gasteiger partial charge >= 0.3 is 0 Å². The highest BCUT2D eigenvalue weighted by Crippen LogP contribution is 2.27. The van der Waals surface area contributed by atoms with Crippen LogP contribution >= 0.6 is 23.7 Å². The third-order valence-electron chi connectivity index (χ3n) is 4.48. The second kappa shape index (κ2) is 8.14. The number of halogens is 1. The molecule has 0 bridgehead atoms. The van der Waals surface area contributed by atoms with Crippen molar-refractivity contribution in [3.63, 3.8) is 0 Å². The summed E-state index contributed by atoms with van der Waals surface area (Å²) in [5.41, 5.74) is -0.561. The Morgan fingerprint density at radius 3 is 2.79 bits per heavy atom. The number of thiophene rings is 1. The van der Waals surface area contributed by atoms with Gasteiger partial charge in [-0.2, -0.15) is 5.10 Å². The van der Waals surface area contributed by atoms with Gasteiger partial charge in [0.1, 0.15) is 5.54 Å². The van der Waals surface area contributed by atoms with Crippen molar-refractivity contribution >= 4 is 29.7 Å². The van der Waals surface area contributed by atoms with Crippen molar-refractivity contribution in [3.8, 4) is 0 Å². The fraction of sp³-hybridized carbons (Fsp3) is 0.529. The van der Waals surface area contributed by atoms with Crippen LogP contribution in [0.2, 0.25) is 0 Å². The first-order valence-electron chi connectivity index (χ1n) is 8.17. The fourth-order valence-corrected chi connectivity index (χ4v) is 4.25. The first kappa shape index (κ1) is 19.0. The van der Waals surface area contributed by atoms with Crippen molar-refractivity contribution in [3.05, 3.63) is 40.3 Å². The molecule has 2 aromatic rings. The summed E-state index contributed by atoms with van der Waals surface area (Å²) in [6.45, 7) is 5.86. The zero-order valence-electron chi connectivity index (χ0n) is 14.1. The maximum Gasteiger partial charge on any atom is 0.248 e. The molecule has 3 heterocycles. The van der Waals surface area contributed by atoms with Gasteiger partial charge in [0.25, 0.3) is 0 Å². The van der Waals surface area contributed by atoms with E-state index in [4.69, 9.17) is 0 Å². The highest BCUT2D eigenvalue weighted by Gasteiger charge is 2.42. The summed E-state index contributed by atoms with van der Waals surface area (Å²) in [5.74, 6) is 0.0866. The molecule has 7 heteroatoms. The van der Waals surface area contributed by atoms with E-state index < -0.39 is 5.54 Å². The van der Waals surface area contributed by atoms with E-state index in [-0.39, 0.29) is 24.4 Å². The van der Waals surface area contributed by atoms with Crippen LogP contribution in [0.1, 0.15) is 29.5 Å². The number of nitrogens with one attached hydrogen (secondary N) is 2. The lowest BCUT2D eigenvalue weighted by molar-refractivity contribution is -0.132. The number of amides is 1. The quantitative estimate of drug-likeness (QED) is 0.852. The van der Waals surface area contributed by atoms with E-state index in [1.165, 1.54) is 9.75 Å². The molecular formula is C17H25ClN4OS. The molecule has 132 valence electrons. The number of hydrogen-bond donors (Lipinski definition) is 2. The van der Waals surface area contributed by atoms with Crippen molar-refractivity contribution in [1.29, 1.82) is 0 Å². The molecule has 1 aliphatic heterocycles. The van der Waals surface area contributed by atoms with E-state index in [1.54, 1.807) is 17.5 Å². The normalized spacial score (nSPS) is 17.8. The van der Waals surface area contributed by atoms with Crippen LogP contribution in [0.5, 0.6) is 0 Å². The molecule has 0 aromatic carbocycles. The summed E-state index contributed by atoms with van der Waals surface area (Å²) in [7, 11) is 0. The Labute approximate surface area is 153 Å². The summed E-state index contributed by atoms with van der Waals surface area (Å²) in [6, 6.07) is 6.28. The van der Waals surface area contributed by atoms with Gasteiger partial charge in [-0.15, -0.1) is 23.7 Å². The maximum absolute atomic E-state index is 13.0. The van der Waals surface area contributed by atoms with Gasteiger partial charge in [-0.25, -0.2) is 0 Å². The number of piperidine rings is 1. The Hall–Kier alpha value is -1.37. The van der Waals surface area contributed by atoms with E-state index in [1.807, 2.05) is 16.9 Å². The predicted octanol–water partition coefficient (Wildman–Crippen LogP) is 2.50. The minimum atomic E-state index is -0.561. The minimum absolute atomic E-state index is 0. The number of aryl methyl sites for hydroxylation is 1. The van der Waals surface area contributed by atoms with Crippen LogP contribution in [-0.2, 0) is 16.8 Å². The standard InChI is InChI=1S/C17H24N4OS.ClH/c1-13(12-15-5-4-14(2)23-15)20-16(22)17(6-9-18-10-7-17)21-11-3-8-19-21;/h3-5,8,11,13,18H,6-7,9-10,12H2,1-2H3,(H,20,22);1H. The van der Waals surface area contributed by atoms with E-state index >= 15 is 0 Å². The second-order valence-electron chi connectivity index (χ2n) is 6.32. The Balaban J connectivity index is 0.00000208. The minimum Gasteiger partial charge on any atom is -0.351 e. The molecular weight excluding hydrogens is 344 g/mol. The van der Waals surface area contributed by atoms with Crippen molar-refractivity contribution in [2.75, 3.05) is 13.1 Å².